The molecule has 218 valence electrons. The molecule has 40 heavy (non-hydrogen) atoms. The van der Waals surface area contributed by atoms with Crippen LogP contribution in [-0.4, -0.2) is 63.5 Å². The third kappa shape index (κ3) is 4.88. The van der Waals surface area contributed by atoms with E-state index in [1.807, 2.05) is 6.08 Å². The van der Waals surface area contributed by atoms with Crippen molar-refractivity contribution in [2.75, 3.05) is 12.9 Å². The van der Waals surface area contributed by atoms with E-state index in [9.17, 15) is 24.1 Å². The number of Topliss-reactive ketones (excluding diaryl/α,β-unsaturated/α-hetero) is 1. The van der Waals surface area contributed by atoms with Crippen molar-refractivity contribution in [1.82, 2.24) is 4.33 Å². The Morgan fingerprint density at radius 3 is 2.67 bits per heavy atom. The fourth-order valence-corrected chi connectivity index (χ4v) is 8.46. The molecule has 0 saturated heterocycles. The predicted octanol–water partition coefficient (Wildman–Crippen LogP) is 3.89. The zero-order chi connectivity index (χ0) is 29.6. The van der Waals surface area contributed by atoms with Crippen molar-refractivity contribution in [2.24, 2.45) is 39.1 Å². The Balaban J connectivity index is 0.000000186. The number of carboxylic acids is 1. The average Bonchev–Trinajstić information content (AvgIpc) is 3.26. The van der Waals surface area contributed by atoms with Gasteiger partial charge < -0.3 is 20.0 Å². The van der Waals surface area contributed by atoms with Gasteiger partial charge in [0.2, 0.25) is 0 Å². The number of hydrazone groups is 1. The van der Waals surface area contributed by atoms with Crippen molar-refractivity contribution in [2.45, 2.75) is 65.9 Å². The molecule has 11 heteroatoms. The smallest absolute Gasteiger partial charge is 0.479 e. The second kappa shape index (κ2) is 11.1. The van der Waals surface area contributed by atoms with Gasteiger partial charge in [-0.05, 0) is 78.0 Å². The summed E-state index contributed by atoms with van der Waals surface area (Å²) in [5.41, 5.74) is 0.189. The van der Waals surface area contributed by atoms with E-state index in [1.165, 1.54) is 29.1 Å². The topological polar surface area (TPSA) is 120 Å². The zero-order valence-corrected chi connectivity index (χ0v) is 24.7. The lowest BCUT2D eigenvalue weighted by atomic mass is 9.50. The summed E-state index contributed by atoms with van der Waals surface area (Å²) in [4.78, 5) is 23.2. The monoisotopic (exact) mass is 574 g/mol. The number of hydrogen-bond acceptors (Lipinski definition) is 8. The first kappa shape index (κ1) is 30.6. The van der Waals surface area contributed by atoms with Crippen LogP contribution in [0.15, 0.2) is 29.9 Å². The molecule has 7 atom stereocenters. The predicted molar refractivity (Wildman–Crippen MR) is 155 cm³/mol. The SMILES string of the molecule is C=C[C@]1(C)C[C@]2(C)C(C)CCC3(CCC(=O)C32)[C@@H](C)C1O.CSN1N=Cc2ccc(OCC(=O)O)c(F)c2B1O. The summed E-state index contributed by atoms with van der Waals surface area (Å²) in [5, 5.41) is 33.5. The number of halogens is 1. The Morgan fingerprint density at radius 2 is 2.05 bits per heavy atom. The summed E-state index contributed by atoms with van der Waals surface area (Å²) < 4.78 is 20.2. The van der Waals surface area contributed by atoms with Crippen LogP contribution in [0.1, 0.15) is 65.4 Å². The Labute approximate surface area is 240 Å². The highest BCUT2D eigenvalue weighted by molar-refractivity contribution is 7.97. The van der Waals surface area contributed by atoms with Crippen molar-refractivity contribution in [3.8, 4) is 5.75 Å². The molecule has 1 heterocycles. The van der Waals surface area contributed by atoms with Crippen molar-refractivity contribution in [3.63, 3.8) is 0 Å². The second-order valence-electron chi connectivity index (χ2n) is 12.4. The van der Waals surface area contributed by atoms with E-state index < -0.39 is 31.5 Å². The summed E-state index contributed by atoms with van der Waals surface area (Å²) in [6, 6.07) is 2.82. The van der Waals surface area contributed by atoms with E-state index in [-0.39, 0.29) is 39.3 Å². The van der Waals surface area contributed by atoms with Crippen molar-refractivity contribution in [3.05, 3.63) is 36.2 Å². The Kier molecular flexibility index (Phi) is 8.52. The lowest BCUT2D eigenvalue weighted by Crippen LogP contribution is -2.50. The molecule has 4 unspecified atom stereocenters. The van der Waals surface area contributed by atoms with E-state index >= 15 is 0 Å². The highest BCUT2D eigenvalue weighted by atomic mass is 32.2. The molecule has 0 spiro atoms. The van der Waals surface area contributed by atoms with E-state index in [1.54, 1.807) is 6.26 Å². The van der Waals surface area contributed by atoms with Gasteiger partial charge in [0, 0.05) is 29.5 Å². The molecule has 2 bridgehead atoms. The van der Waals surface area contributed by atoms with Gasteiger partial charge >= 0.3 is 13.0 Å². The highest BCUT2D eigenvalue weighted by Gasteiger charge is 2.67. The van der Waals surface area contributed by atoms with E-state index in [4.69, 9.17) is 9.84 Å². The normalized spacial score (nSPS) is 36.1. The lowest BCUT2D eigenvalue weighted by Gasteiger charge is -2.54. The number of benzene rings is 1. The number of fused-ring (bicyclic) bond motifs is 1. The number of nitrogens with zero attached hydrogens (tertiary/aromatic N) is 2. The molecule has 1 aromatic rings. The van der Waals surface area contributed by atoms with Crippen LogP contribution in [0.25, 0.3) is 0 Å². The van der Waals surface area contributed by atoms with E-state index in [0.717, 1.165) is 37.6 Å². The van der Waals surface area contributed by atoms with Gasteiger partial charge in [-0.2, -0.15) is 5.10 Å². The molecule has 5 rings (SSSR count). The number of carboxylic acid groups (broad SMARTS) is 1. The Morgan fingerprint density at radius 1 is 1.35 bits per heavy atom. The fourth-order valence-electron chi connectivity index (χ4n) is 8.01. The first-order valence-corrected chi connectivity index (χ1v) is 15.0. The maximum atomic E-state index is 14.2. The number of hydrogen-bond donors (Lipinski definition) is 3. The number of aliphatic hydroxyl groups is 1. The quantitative estimate of drug-likeness (QED) is 0.276. The van der Waals surface area contributed by atoms with Crippen LogP contribution in [0, 0.1) is 39.8 Å². The maximum Gasteiger partial charge on any atom is 0.481 e. The standard InChI is InChI=1S/C19H30O2.C10H10BFN2O4S/c1-6-17(4)11-18(5)12(2)7-9-19(13(3)16(17)21)10-8-14(20)15(18)19;1-19-14-11(17)9-6(4-13-14)2-3-7(10(9)12)18-5-8(15)16/h6,12-13,15-16,21H,1,7-11H2,2-5H3;2-4,17H,5H2,1H3,(H,15,16)/t12?,13-,15?,16?,17+,18+,19?;/m0./s1. The zero-order valence-electron chi connectivity index (χ0n) is 23.9. The van der Waals surface area contributed by atoms with Crippen LogP contribution < -0.4 is 10.2 Å². The minimum Gasteiger partial charge on any atom is -0.479 e. The molecule has 1 aliphatic heterocycles. The summed E-state index contributed by atoms with van der Waals surface area (Å²) in [7, 11) is -1.25. The van der Waals surface area contributed by atoms with Gasteiger partial charge in [-0.1, -0.05) is 33.8 Å². The average molecular weight is 575 g/mol. The van der Waals surface area contributed by atoms with E-state index in [0.29, 0.717) is 17.3 Å². The van der Waals surface area contributed by atoms with Gasteiger partial charge in [-0.3, -0.25) is 4.79 Å². The van der Waals surface area contributed by atoms with Gasteiger partial charge in [-0.25, -0.2) is 13.5 Å². The fraction of sp³-hybridized carbons (Fsp3) is 0.621. The Bertz CT molecular complexity index is 1220. The van der Waals surface area contributed by atoms with Gasteiger partial charge in [0.1, 0.15) is 5.78 Å². The molecule has 4 aliphatic rings. The molecule has 0 aromatic heterocycles. The number of ether oxygens (including phenoxy) is 1. The molecule has 3 aliphatic carbocycles. The molecule has 1 aromatic carbocycles. The van der Waals surface area contributed by atoms with Crippen molar-refractivity contribution in [1.29, 1.82) is 0 Å². The minimum atomic E-state index is -1.25. The van der Waals surface area contributed by atoms with Crippen LogP contribution in [0.2, 0.25) is 0 Å². The first-order valence-electron chi connectivity index (χ1n) is 13.8. The van der Waals surface area contributed by atoms with Gasteiger partial charge in [0.15, 0.2) is 18.2 Å². The summed E-state index contributed by atoms with van der Waals surface area (Å²) >= 11 is 1.13. The number of carbonyl (C=O) groups is 2. The lowest BCUT2D eigenvalue weighted by molar-refractivity contribution is -0.139. The highest BCUT2D eigenvalue weighted by Crippen LogP contribution is 2.69. The molecular formula is C29H40BFN2O6S. The number of ketones is 1. The van der Waals surface area contributed by atoms with E-state index in [2.05, 4.69) is 39.4 Å². The van der Waals surface area contributed by atoms with Gasteiger partial charge in [0.05, 0.1) is 12.3 Å². The molecular weight excluding hydrogens is 534 g/mol. The van der Waals surface area contributed by atoms with Crippen molar-refractivity contribution < 1.29 is 34.0 Å². The third-order valence-electron chi connectivity index (χ3n) is 10.3. The first-order chi connectivity index (χ1) is 18.8. The molecule has 3 N–H and O–H groups in total. The molecule has 0 radical (unpaired) electrons. The number of rotatable bonds is 5. The number of carbonyl (C=O) groups excluding carboxylic acids is 1. The van der Waals surface area contributed by atoms with Gasteiger partial charge in [-0.15, -0.1) is 6.58 Å². The molecule has 3 fully saturated rings. The van der Waals surface area contributed by atoms with Crippen LogP contribution in [0.3, 0.4) is 0 Å². The molecule has 8 nitrogen and oxygen atoms in total. The number of aliphatic hydroxyl groups excluding tert-OH is 1. The maximum absolute atomic E-state index is 14.2. The second-order valence-corrected chi connectivity index (χ2v) is 13.1. The Hall–Kier alpha value is -2.37. The third-order valence-corrected chi connectivity index (χ3v) is 11.0. The molecule has 0 amide bonds. The minimum absolute atomic E-state index is 0.000509. The van der Waals surface area contributed by atoms with Crippen LogP contribution >= 0.6 is 11.9 Å². The van der Waals surface area contributed by atoms with Crippen LogP contribution in [0.4, 0.5) is 4.39 Å². The van der Waals surface area contributed by atoms with Gasteiger partial charge in [0.25, 0.3) is 0 Å². The summed E-state index contributed by atoms with van der Waals surface area (Å²) in [6.45, 7) is 12.3. The number of aliphatic carboxylic acids is 1. The van der Waals surface area contributed by atoms with Crippen LogP contribution in [-0.2, 0) is 9.59 Å². The largest absolute Gasteiger partial charge is 0.481 e. The summed E-state index contributed by atoms with van der Waals surface area (Å²) in [5.74, 6) is -0.893. The molecule has 3 saturated carbocycles. The van der Waals surface area contributed by atoms with Crippen LogP contribution in [0.5, 0.6) is 5.75 Å². The summed E-state index contributed by atoms with van der Waals surface area (Å²) in [6.07, 6.45) is 9.53. The van der Waals surface area contributed by atoms with Crippen molar-refractivity contribution >= 4 is 42.4 Å².